The van der Waals surface area contributed by atoms with Gasteiger partial charge in [0.15, 0.2) is 11.5 Å². The number of carbonyl (C=O) groups excluding carboxylic acids is 2. The maximum atomic E-state index is 12.3. The number of carbonyl (C=O) groups is 2. The minimum absolute atomic E-state index is 0.174. The van der Waals surface area contributed by atoms with Gasteiger partial charge in [0.05, 0.1) is 24.8 Å². The largest absolute Gasteiger partial charge is 0.462 e. The Hall–Kier alpha value is -4.07. The molecule has 4 rings (SSSR count). The van der Waals surface area contributed by atoms with Gasteiger partial charge in [0.25, 0.3) is 0 Å². The number of ether oxygens (including phenoxy) is 3. The summed E-state index contributed by atoms with van der Waals surface area (Å²) in [5, 5.41) is 4.12. The third-order valence-electron chi connectivity index (χ3n) is 5.28. The van der Waals surface area contributed by atoms with Crippen LogP contribution in [0.15, 0.2) is 53.6 Å². The van der Waals surface area contributed by atoms with E-state index in [-0.39, 0.29) is 25.1 Å². The molecule has 8 nitrogen and oxygen atoms in total. The molecule has 8 heteroatoms. The van der Waals surface area contributed by atoms with Gasteiger partial charge < -0.3 is 18.8 Å². The van der Waals surface area contributed by atoms with Crippen molar-refractivity contribution < 1.29 is 23.8 Å². The van der Waals surface area contributed by atoms with E-state index >= 15 is 0 Å². The van der Waals surface area contributed by atoms with Crippen LogP contribution in [0.4, 0.5) is 0 Å². The number of hydrogen-bond acceptors (Lipinski definition) is 6. The molecule has 0 radical (unpaired) electrons. The van der Waals surface area contributed by atoms with Gasteiger partial charge in [-0.2, -0.15) is 5.10 Å². The zero-order valence-corrected chi connectivity index (χ0v) is 18.8. The molecular weight excluding hydrogens is 422 g/mol. The molecule has 0 aliphatic carbocycles. The van der Waals surface area contributed by atoms with E-state index in [2.05, 4.69) is 10.5 Å². The molecule has 170 valence electrons. The standard InChI is InChI=1S/C25H25N3O5/c1-4-31-25(30)19-6-5-7-21(13-19)28-16(2)10-20(17(28)3)14-26-27-24(29)12-18-8-9-22-23(11-18)33-15-32-22/h5-11,13-14H,4,12,15H2,1-3H3,(H,27,29)/b26-14-. The molecule has 1 N–H and O–H groups in total. The highest BCUT2D eigenvalue weighted by Crippen LogP contribution is 2.32. The van der Waals surface area contributed by atoms with E-state index in [4.69, 9.17) is 14.2 Å². The normalized spacial score (nSPS) is 12.2. The average Bonchev–Trinajstić information content (AvgIpc) is 3.37. The molecule has 0 fully saturated rings. The number of hydrogen-bond donors (Lipinski definition) is 1. The predicted molar refractivity (Wildman–Crippen MR) is 123 cm³/mol. The molecule has 3 aromatic rings. The number of nitrogens with one attached hydrogen (secondary N) is 1. The van der Waals surface area contributed by atoms with Crippen LogP contribution in [0.3, 0.4) is 0 Å². The van der Waals surface area contributed by atoms with Gasteiger partial charge in [-0.3, -0.25) is 4.79 Å². The number of rotatable bonds is 7. The second-order valence-electron chi connectivity index (χ2n) is 7.59. The monoisotopic (exact) mass is 447 g/mol. The Morgan fingerprint density at radius 3 is 2.76 bits per heavy atom. The number of esters is 1. The third kappa shape index (κ3) is 4.90. The van der Waals surface area contributed by atoms with Crippen LogP contribution in [0.5, 0.6) is 11.5 Å². The van der Waals surface area contributed by atoms with Crippen molar-refractivity contribution in [1.82, 2.24) is 9.99 Å². The molecule has 1 aliphatic rings. The molecule has 0 saturated carbocycles. The summed E-state index contributed by atoms with van der Waals surface area (Å²) in [6.07, 6.45) is 1.79. The van der Waals surface area contributed by atoms with E-state index in [0.717, 1.165) is 28.2 Å². The first-order chi connectivity index (χ1) is 16.0. The van der Waals surface area contributed by atoms with E-state index in [0.29, 0.717) is 23.7 Å². The molecule has 1 amide bonds. The van der Waals surface area contributed by atoms with Gasteiger partial charge in [-0.05, 0) is 62.7 Å². The molecule has 2 aromatic carbocycles. The zero-order valence-electron chi connectivity index (χ0n) is 18.8. The summed E-state index contributed by atoms with van der Waals surface area (Å²) >= 11 is 0. The average molecular weight is 447 g/mol. The molecule has 0 unspecified atom stereocenters. The van der Waals surface area contributed by atoms with Gasteiger partial charge >= 0.3 is 5.97 Å². The minimum atomic E-state index is -0.353. The molecule has 33 heavy (non-hydrogen) atoms. The lowest BCUT2D eigenvalue weighted by atomic mass is 10.1. The number of nitrogens with zero attached hydrogens (tertiary/aromatic N) is 2. The van der Waals surface area contributed by atoms with E-state index in [1.807, 2.05) is 42.7 Å². The Labute approximate surface area is 191 Å². The van der Waals surface area contributed by atoms with Crippen LogP contribution in [0, 0.1) is 13.8 Å². The first-order valence-corrected chi connectivity index (χ1v) is 10.6. The number of aryl methyl sites for hydroxylation is 1. The van der Waals surface area contributed by atoms with Crippen LogP contribution in [-0.4, -0.2) is 36.1 Å². The molecule has 0 bridgehead atoms. The fourth-order valence-electron chi connectivity index (χ4n) is 3.75. The van der Waals surface area contributed by atoms with Gasteiger partial charge in [0, 0.05) is 22.6 Å². The van der Waals surface area contributed by atoms with Crippen molar-refractivity contribution in [3.05, 3.63) is 76.6 Å². The van der Waals surface area contributed by atoms with E-state index in [1.165, 1.54) is 0 Å². The summed E-state index contributed by atoms with van der Waals surface area (Å²) < 4.78 is 17.8. The fourth-order valence-corrected chi connectivity index (χ4v) is 3.75. The Bertz CT molecular complexity index is 1230. The van der Waals surface area contributed by atoms with Gasteiger partial charge in [0.2, 0.25) is 12.7 Å². The lowest BCUT2D eigenvalue weighted by molar-refractivity contribution is -0.120. The maximum absolute atomic E-state index is 12.3. The number of benzene rings is 2. The van der Waals surface area contributed by atoms with Crippen molar-refractivity contribution in [3.8, 4) is 17.2 Å². The Morgan fingerprint density at radius 2 is 1.94 bits per heavy atom. The van der Waals surface area contributed by atoms with Gasteiger partial charge in [-0.25, -0.2) is 10.2 Å². The van der Waals surface area contributed by atoms with Crippen LogP contribution in [-0.2, 0) is 16.0 Å². The van der Waals surface area contributed by atoms with E-state index in [1.54, 1.807) is 37.4 Å². The predicted octanol–water partition coefficient (Wildman–Crippen LogP) is 3.69. The second-order valence-corrected chi connectivity index (χ2v) is 7.59. The topological polar surface area (TPSA) is 91.2 Å². The molecule has 2 heterocycles. The molecular formula is C25H25N3O5. The van der Waals surface area contributed by atoms with Crippen LogP contribution < -0.4 is 14.9 Å². The first kappa shape index (κ1) is 22.1. The summed E-state index contributed by atoms with van der Waals surface area (Å²) in [6.45, 7) is 6.23. The third-order valence-corrected chi connectivity index (χ3v) is 5.28. The highest BCUT2D eigenvalue weighted by molar-refractivity contribution is 5.90. The smallest absolute Gasteiger partial charge is 0.338 e. The second kappa shape index (κ2) is 9.60. The van der Waals surface area contributed by atoms with Gasteiger partial charge in [0.1, 0.15) is 0 Å². The Balaban J connectivity index is 1.44. The number of hydrazone groups is 1. The maximum Gasteiger partial charge on any atom is 0.338 e. The summed E-state index contributed by atoms with van der Waals surface area (Å²) in [4.78, 5) is 24.4. The van der Waals surface area contributed by atoms with Crippen molar-refractivity contribution in [2.75, 3.05) is 13.4 Å². The summed E-state index contributed by atoms with van der Waals surface area (Å²) in [5.74, 6) is 0.735. The van der Waals surface area contributed by atoms with E-state index in [9.17, 15) is 9.59 Å². The lowest BCUT2D eigenvalue weighted by Crippen LogP contribution is -2.19. The Morgan fingerprint density at radius 1 is 1.12 bits per heavy atom. The van der Waals surface area contributed by atoms with Crippen molar-refractivity contribution in [2.45, 2.75) is 27.2 Å². The summed E-state index contributed by atoms with van der Waals surface area (Å²) in [5.41, 5.74) is 7.49. The first-order valence-electron chi connectivity index (χ1n) is 10.6. The zero-order chi connectivity index (χ0) is 23.4. The number of fused-ring (bicyclic) bond motifs is 1. The minimum Gasteiger partial charge on any atom is -0.462 e. The highest BCUT2D eigenvalue weighted by atomic mass is 16.7. The van der Waals surface area contributed by atoms with Crippen LogP contribution in [0.2, 0.25) is 0 Å². The van der Waals surface area contributed by atoms with Crippen LogP contribution in [0.25, 0.3) is 5.69 Å². The number of aromatic nitrogens is 1. The van der Waals surface area contributed by atoms with Gasteiger partial charge in [-0.1, -0.05) is 12.1 Å². The van der Waals surface area contributed by atoms with E-state index < -0.39 is 0 Å². The SMILES string of the molecule is CCOC(=O)c1cccc(-n2c(C)cc(/C=N\NC(=O)Cc3ccc4c(c3)OCO4)c2C)c1. The molecule has 0 atom stereocenters. The number of amides is 1. The molecule has 1 aliphatic heterocycles. The van der Waals surface area contributed by atoms with Crippen LogP contribution in [0.1, 0.15) is 39.8 Å². The fraction of sp³-hybridized carbons (Fsp3) is 0.240. The quantitative estimate of drug-likeness (QED) is 0.339. The van der Waals surface area contributed by atoms with Crippen LogP contribution >= 0.6 is 0 Å². The summed E-state index contributed by atoms with van der Waals surface area (Å²) in [7, 11) is 0. The van der Waals surface area contributed by atoms with Crippen molar-refractivity contribution in [3.63, 3.8) is 0 Å². The van der Waals surface area contributed by atoms with Crippen molar-refractivity contribution >= 4 is 18.1 Å². The lowest BCUT2D eigenvalue weighted by Gasteiger charge is -2.11. The van der Waals surface area contributed by atoms with Crippen molar-refractivity contribution in [2.24, 2.45) is 5.10 Å². The molecule has 0 spiro atoms. The van der Waals surface area contributed by atoms with Gasteiger partial charge in [-0.15, -0.1) is 0 Å². The Kier molecular flexibility index (Phi) is 6.44. The molecule has 0 saturated heterocycles. The highest BCUT2D eigenvalue weighted by Gasteiger charge is 2.15. The molecule has 1 aromatic heterocycles. The van der Waals surface area contributed by atoms with Crippen molar-refractivity contribution in [1.29, 1.82) is 0 Å². The summed E-state index contributed by atoms with van der Waals surface area (Å²) in [6, 6.07) is 14.7.